The molecule has 3 aromatic heterocycles. The molecule has 1 amide bonds. The van der Waals surface area contributed by atoms with Gasteiger partial charge in [-0.05, 0) is 57.2 Å². The molecular formula is C25H27N5O2S. The summed E-state index contributed by atoms with van der Waals surface area (Å²) in [5, 5.41) is 8.39. The second-order valence-electron chi connectivity index (χ2n) is 8.58. The van der Waals surface area contributed by atoms with Crippen LogP contribution in [-0.4, -0.2) is 25.7 Å². The van der Waals surface area contributed by atoms with Crippen molar-refractivity contribution in [2.24, 2.45) is 0 Å². The van der Waals surface area contributed by atoms with Gasteiger partial charge in [-0.15, -0.1) is 11.3 Å². The molecule has 0 saturated carbocycles. The van der Waals surface area contributed by atoms with E-state index >= 15 is 0 Å². The van der Waals surface area contributed by atoms with Gasteiger partial charge in [-0.1, -0.05) is 18.2 Å². The Hall–Kier alpha value is -3.26. The highest BCUT2D eigenvalue weighted by atomic mass is 32.1. The zero-order valence-electron chi connectivity index (χ0n) is 18.9. The van der Waals surface area contributed by atoms with Crippen LogP contribution in [0, 0.1) is 13.8 Å². The van der Waals surface area contributed by atoms with Crippen LogP contribution in [0.5, 0.6) is 0 Å². The fourth-order valence-electron chi connectivity index (χ4n) is 4.59. The molecule has 1 aliphatic carbocycles. The SMILES string of the molecule is Cc1nn(-c2ccccc2)c(C)c1CNC(=O)CCc1nc2sc3c(c2c(=O)[nH]1)CCCC3. The Bertz CT molecular complexity index is 1380. The van der Waals surface area contributed by atoms with E-state index in [1.165, 1.54) is 16.9 Å². The second-order valence-corrected chi connectivity index (χ2v) is 9.66. The summed E-state index contributed by atoms with van der Waals surface area (Å²) in [6.45, 7) is 4.39. The van der Waals surface area contributed by atoms with Gasteiger partial charge < -0.3 is 10.3 Å². The number of fused-ring (bicyclic) bond motifs is 3. The number of nitrogens with one attached hydrogen (secondary N) is 2. The topological polar surface area (TPSA) is 92.7 Å². The van der Waals surface area contributed by atoms with Gasteiger partial charge in [0, 0.05) is 35.5 Å². The highest BCUT2D eigenvalue weighted by Gasteiger charge is 2.20. The number of rotatable bonds is 6. The summed E-state index contributed by atoms with van der Waals surface area (Å²) in [7, 11) is 0. The molecule has 170 valence electrons. The number of benzene rings is 1. The Morgan fingerprint density at radius 2 is 1.97 bits per heavy atom. The predicted octanol–water partition coefficient (Wildman–Crippen LogP) is 3.91. The third kappa shape index (κ3) is 4.23. The number of H-pyrrole nitrogens is 1. The van der Waals surface area contributed by atoms with E-state index in [1.54, 1.807) is 11.3 Å². The van der Waals surface area contributed by atoms with E-state index in [9.17, 15) is 9.59 Å². The summed E-state index contributed by atoms with van der Waals surface area (Å²) in [4.78, 5) is 34.9. The van der Waals surface area contributed by atoms with Gasteiger partial charge in [0.25, 0.3) is 5.56 Å². The van der Waals surface area contributed by atoms with Crippen LogP contribution in [0.2, 0.25) is 0 Å². The van der Waals surface area contributed by atoms with Gasteiger partial charge in [0.1, 0.15) is 10.7 Å². The number of nitrogens with zero attached hydrogens (tertiary/aromatic N) is 3. The number of amides is 1. The molecule has 0 atom stereocenters. The van der Waals surface area contributed by atoms with Gasteiger partial charge >= 0.3 is 0 Å². The molecule has 1 aliphatic rings. The lowest BCUT2D eigenvalue weighted by Gasteiger charge is -2.09. The highest BCUT2D eigenvalue weighted by molar-refractivity contribution is 7.18. The minimum absolute atomic E-state index is 0.0746. The van der Waals surface area contributed by atoms with E-state index in [0.29, 0.717) is 18.8 Å². The van der Waals surface area contributed by atoms with Crippen molar-refractivity contribution in [2.75, 3.05) is 0 Å². The second kappa shape index (κ2) is 8.94. The standard InChI is InChI=1S/C25H27N5O2S/c1-15-19(16(2)30(29-15)17-8-4-3-5-9-17)14-26-22(31)13-12-21-27-24(32)23-18-10-6-7-11-20(18)33-25(23)28-21/h3-5,8-9H,6-7,10-14H2,1-2H3,(H,26,31)(H,27,28,32). The molecule has 2 N–H and O–H groups in total. The summed E-state index contributed by atoms with van der Waals surface area (Å²) < 4.78 is 1.90. The Labute approximate surface area is 195 Å². The maximum absolute atomic E-state index is 12.7. The fraction of sp³-hybridized carbons (Fsp3) is 0.360. The zero-order valence-corrected chi connectivity index (χ0v) is 19.7. The van der Waals surface area contributed by atoms with Crippen molar-refractivity contribution in [2.45, 2.75) is 58.9 Å². The third-order valence-electron chi connectivity index (χ3n) is 6.37. The molecule has 0 unspecified atom stereocenters. The number of carbonyl (C=O) groups excluding carboxylic acids is 1. The molecule has 5 rings (SSSR count). The lowest BCUT2D eigenvalue weighted by Crippen LogP contribution is -2.24. The largest absolute Gasteiger partial charge is 0.352 e. The number of para-hydroxylation sites is 1. The van der Waals surface area contributed by atoms with E-state index < -0.39 is 0 Å². The first-order valence-electron chi connectivity index (χ1n) is 11.4. The Morgan fingerprint density at radius 1 is 1.18 bits per heavy atom. The van der Waals surface area contributed by atoms with Crippen molar-refractivity contribution < 1.29 is 4.79 Å². The minimum Gasteiger partial charge on any atom is -0.352 e. The van der Waals surface area contributed by atoms with Crippen LogP contribution in [-0.2, 0) is 30.6 Å². The predicted molar refractivity (Wildman–Crippen MR) is 130 cm³/mol. The van der Waals surface area contributed by atoms with Gasteiger partial charge in [-0.2, -0.15) is 5.10 Å². The Balaban J connectivity index is 1.24. The quantitative estimate of drug-likeness (QED) is 0.455. The average molecular weight is 462 g/mol. The lowest BCUT2D eigenvalue weighted by atomic mass is 9.97. The average Bonchev–Trinajstić information content (AvgIpc) is 3.33. The van der Waals surface area contributed by atoms with E-state index in [2.05, 4.69) is 20.4 Å². The molecule has 0 aliphatic heterocycles. The first kappa shape index (κ1) is 21.6. The molecule has 0 bridgehead atoms. The molecule has 3 heterocycles. The number of hydrogen-bond acceptors (Lipinski definition) is 5. The minimum atomic E-state index is -0.0746. The number of aromatic amines is 1. The van der Waals surface area contributed by atoms with Crippen molar-refractivity contribution in [3.63, 3.8) is 0 Å². The maximum atomic E-state index is 12.7. The van der Waals surface area contributed by atoms with Crippen LogP contribution in [0.3, 0.4) is 0 Å². The summed E-state index contributed by atoms with van der Waals surface area (Å²) in [5.74, 6) is 0.500. The van der Waals surface area contributed by atoms with Gasteiger partial charge in [0.15, 0.2) is 0 Å². The number of hydrogen-bond donors (Lipinski definition) is 2. The monoisotopic (exact) mass is 461 g/mol. The van der Waals surface area contributed by atoms with Crippen LogP contribution in [0.4, 0.5) is 0 Å². The Morgan fingerprint density at radius 3 is 2.79 bits per heavy atom. The molecule has 7 nitrogen and oxygen atoms in total. The van der Waals surface area contributed by atoms with Gasteiger partial charge in [-0.25, -0.2) is 9.67 Å². The third-order valence-corrected chi connectivity index (χ3v) is 7.55. The summed E-state index contributed by atoms with van der Waals surface area (Å²) >= 11 is 1.63. The number of aryl methyl sites for hydroxylation is 4. The summed E-state index contributed by atoms with van der Waals surface area (Å²) in [5.41, 5.74) is 5.03. The fourth-order valence-corrected chi connectivity index (χ4v) is 5.87. The van der Waals surface area contributed by atoms with Crippen LogP contribution >= 0.6 is 11.3 Å². The van der Waals surface area contributed by atoms with Crippen molar-refractivity contribution >= 4 is 27.5 Å². The first-order chi connectivity index (χ1) is 16.0. The summed E-state index contributed by atoms with van der Waals surface area (Å²) in [6, 6.07) is 9.96. The molecule has 8 heteroatoms. The number of thiophene rings is 1. The Kier molecular flexibility index (Phi) is 5.85. The first-order valence-corrected chi connectivity index (χ1v) is 12.2. The molecule has 0 fully saturated rings. The normalized spacial score (nSPS) is 13.3. The number of aromatic nitrogens is 4. The smallest absolute Gasteiger partial charge is 0.259 e. The number of carbonyl (C=O) groups is 1. The molecule has 33 heavy (non-hydrogen) atoms. The van der Waals surface area contributed by atoms with Crippen molar-refractivity contribution in [1.29, 1.82) is 0 Å². The summed E-state index contributed by atoms with van der Waals surface area (Å²) in [6.07, 6.45) is 4.97. The van der Waals surface area contributed by atoms with Crippen molar-refractivity contribution in [3.8, 4) is 5.69 Å². The molecule has 4 aromatic rings. The van der Waals surface area contributed by atoms with E-state index in [1.807, 2.05) is 48.9 Å². The van der Waals surface area contributed by atoms with Crippen molar-refractivity contribution in [1.82, 2.24) is 25.1 Å². The van der Waals surface area contributed by atoms with Crippen LogP contribution in [0.15, 0.2) is 35.1 Å². The lowest BCUT2D eigenvalue weighted by molar-refractivity contribution is -0.121. The van der Waals surface area contributed by atoms with Gasteiger partial charge in [-0.3, -0.25) is 9.59 Å². The van der Waals surface area contributed by atoms with E-state index in [0.717, 1.165) is 52.1 Å². The van der Waals surface area contributed by atoms with E-state index in [-0.39, 0.29) is 17.9 Å². The van der Waals surface area contributed by atoms with Crippen LogP contribution < -0.4 is 10.9 Å². The van der Waals surface area contributed by atoms with Gasteiger partial charge in [0.05, 0.1) is 16.8 Å². The molecule has 0 spiro atoms. The van der Waals surface area contributed by atoms with Crippen LogP contribution in [0.1, 0.15) is 52.5 Å². The van der Waals surface area contributed by atoms with E-state index in [4.69, 9.17) is 0 Å². The van der Waals surface area contributed by atoms with Crippen molar-refractivity contribution in [3.05, 3.63) is 73.9 Å². The van der Waals surface area contributed by atoms with Gasteiger partial charge in [0.2, 0.25) is 5.91 Å². The maximum Gasteiger partial charge on any atom is 0.259 e. The molecule has 1 aromatic carbocycles. The molecule has 0 saturated heterocycles. The highest BCUT2D eigenvalue weighted by Crippen LogP contribution is 2.33. The zero-order chi connectivity index (χ0) is 22.9. The molecule has 0 radical (unpaired) electrons. The molecular weight excluding hydrogens is 434 g/mol. The van der Waals surface area contributed by atoms with Crippen LogP contribution in [0.25, 0.3) is 15.9 Å².